The molecule has 2 rings (SSSR count). The third-order valence-corrected chi connectivity index (χ3v) is 5.78. The second-order valence-electron chi connectivity index (χ2n) is 10.2. The Labute approximate surface area is 223 Å². The zero-order chi connectivity index (χ0) is 28.6. The van der Waals surface area contributed by atoms with Gasteiger partial charge in [-0.15, -0.1) is 0 Å². The minimum atomic E-state index is -1.25. The molecular weight excluding hydrogens is 494 g/mol. The Bertz CT molecular complexity index is 1140. The lowest BCUT2D eigenvalue weighted by Gasteiger charge is -2.26. The van der Waals surface area contributed by atoms with E-state index >= 15 is 4.39 Å². The molecule has 0 radical (unpaired) electrons. The van der Waals surface area contributed by atoms with Gasteiger partial charge >= 0.3 is 12.1 Å². The third kappa shape index (κ3) is 8.53. The fourth-order valence-corrected chi connectivity index (χ4v) is 4.18. The predicted molar refractivity (Wildman–Crippen MR) is 141 cm³/mol. The Morgan fingerprint density at radius 3 is 2.18 bits per heavy atom. The van der Waals surface area contributed by atoms with Crippen LogP contribution in [0.1, 0.15) is 76.6 Å². The van der Waals surface area contributed by atoms with E-state index < -0.39 is 53.7 Å². The summed E-state index contributed by atoms with van der Waals surface area (Å²) < 4.78 is 40.4. The van der Waals surface area contributed by atoms with Gasteiger partial charge in [0.1, 0.15) is 11.6 Å². The van der Waals surface area contributed by atoms with Gasteiger partial charge in [-0.1, -0.05) is 31.5 Å². The van der Waals surface area contributed by atoms with E-state index in [1.807, 2.05) is 39.0 Å². The minimum absolute atomic E-state index is 0.0808. The first-order valence-corrected chi connectivity index (χ1v) is 12.8. The second-order valence-corrected chi connectivity index (χ2v) is 10.2. The minimum Gasteiger partial charge on any atom is -0.466 e. The van der Waals surface area contributed by atoms with E-state index in [4.69, 9.17) is 9.47 Å². The molecule has 0 aliphatic heterocycles. The summed E-state index contributed by atoms with van der Waals surface area (Å²) in [6.45, 7) is 12.3. The van der Waals surface area contributed by atoms with Gasteiger partial charge in [0.05, 0.1) is 19.1 Å². The van der Waals surface area contributed by atoms with Crippen LogP contribution in [0.3, 0.4) is 0 Å². The van der Waals surface area contributed by atoms with Crippen molar-refractivity contribution in [1.82, 2.24) is 10.6 Å². The maximum absolute atomic E-state index is 15.2. The number of nitrogens with one attached hydrogen (secondary N) is 2. The van der Waals surface area contributed by atoms with Crippen molar-refractivity contribution in [3.63, 3.8) is 0 Å². The molecule has 0 heterocycles. The van der Waals surface area contributed by atoms with Crippen molar-refractivity contribution in [3.05, 3.63) is 58.7 Å². The predicted octanol–water partition coefficient (Wildman–Crippen LogP) is 6.05. The van der Waals surface area contributed by atoms with Gasteiger partial charge in [-0.3, -0.25) is 9.59 Å². The van der Waals surface area contributed by atoms with Crippen molar-refractivity contribution in [2.45, 2.75) is 85.4 Å². The number of alkyl carbamates (subject to hydrolysis) is 1. The number of carbonyl (C=O) groups excluding carboxylic acids is 3. The normalized spacial score (nSPS) is 12.9. The van der Waals surface area contributed by atoms with E-state index in [2.05, 4.69) is 10.6 Å². The largest absolute Gasteiger partial charge is 0.466 e. The Morgan fingerprint density at radius 2 is 1.63 bits per heavy atom. The fourth-order valence-electron chi connectivity index (χ4n) is 4.18. The van der Waals surface area contributed by atoms with E-state index in [0.717, 1.165) is 22.8 Å². The summed E-state index contributed by atoms with van der Waals surface area (Å²) in [5.41, 5.74) is 1.88. The average molecular weight is 533 g/mol. The lowest BCUT2D eigenvalue weighted by Crippen LogP contribution is -2.49. The summed E-state index contributed by atoms with van der Waals surface area (Å²) >= 11 is 0. The molecule has 0 saturated heterocycles. The van der Waals surface area contributed by atoms with E-state index in [0.29, 0.717) is 12.0 Å². The van der Waals surface area contributed by atoms with Crippen molar-refractivity contribution in [2.75, 3.05) is 6.61 Å². The van der Waals surface area contributed by atoms with E-state index in [1.54, 1.807) is 27.7 Å². The van der Waals surface area contributed by atoms with Gasteiger partial charge in [0.15, 0.2) is 11.6 Å². The standard InChI is InChI=1S/C29H38F2N2O5/c1-8-11-22(33-28(36)38-29(5,6)7)27(35)32-23(16-24(34)37-9-2)20-14-19(15-21(30)26(20)31)25-17(3)12-10-13-18(25)4/h10,12-15,22-23H,8-9,11,16H2,1-7H3,(H,32,35)(H,33,36)/t22-,23-/m0/s1. The highest BCUT2D eigenvalue weighted by atomic mass is 19.2. The van der Waals surface area contributed by atoms with Gasteiger partial charge in [0.2, 0.25) is 5.91 Å². The summed E-state index contributed by atoms with van der Waals surface area (Å²) in [4.78, 5) is 38.0. The zero-order valence-electron chi connectivity index (χ0n) is 23.2. The van der Waals surface area contributed by atoms with Gasteiger partial charge < -0.3 is 20.1 Å². The molecule has 0 saturated carbocycles. The number of benzene rings is 2. The summed E-state index contributed by atoms with van der Waals surface area (Å²) in [6.07, 6.45) is -0.419. The summed E-state index contributed by atoms with van der Waals surface area (Å²) in [7, 11) is 0. The van der Waals surface area contributed by atoms with Crippen molar-refractivity contribution in [2.24, 2.45) is 0 Å². The van der Waals surface area contributed by atoms with Crippen LogP contribution in [0.5, 0.6) is 0 Å². The molecule has 2 aromatic carbocycles. The van der Waals surface area contributed by atoms with Gasteiger partial charge in [-0.05, 0) is 82.3 Å². The SMILES string of the molecule is CCC[C@H](NC(=O)OC(C)(C)C)C(=O)N[C@@H](CC(=O)OCC)c1cc(-c2c(C)cccc2C)cc(F)c1F. The molecule has 0 aromatic heterocycles. The second kappa shape index (κ2) is 13.3. The first-order chi connectivity index (χ1) is 17.8. The van der Waals surface area contributed by atoms with Crippen LogP contribution in [-0.2, 0) is 19.1 Å². The van der Waals surface area contributed by atoms with Gasteiger partial charge in [-0.25, -0.2) is 13.6 Å². The molecule has 0 aliphatic carbocycles. The molecule has 0 fully saturated rings. The molecule has 0 unspecified atom stereocenters. The van der Waals surface area contributed by atoms with E-state index in [-0.39, 0.29) is 18.6 Å². The first-order valence-electron chi connectivity index (χ1n) is 12.8. The molecular formula is C29H38F2N2O5. The molecule has 208 valence electrons. The van der Waals surface area contributed by atoms with Crippen molar-refractivity contribution < 1.29 is 32.6 Å². The third-order valence-electron chi connectivity index (χ3n) is 5.78. The smallest absolute Gasteiger partial charge is 0.408 e. The average Bonchev–Trinajstić information content (AvgIpc) is 2.79. The highest BCUT2D eigenvalue weighted by Gasteiger charge is 2.30. The fraction of sp³-hybridized carbons (Fsp3) is 0.483. The number of ether oxygens (including phenoxy) is 2. The summed E-state index contributed by atoms with van der Waals surface area (Å²) in [5.74, 6) is -3.64. The molecule has 7 nitrogen and oxygen atoms in total. The van der Waals surface area contributed by atoms with Gasteiger partial charge in [0, 0.05) is 5.56 Å². The number of amides is 2. The van der Waals surface area contributed by atoms with Crippen LogP contribution in [-0.4, -0.2) is 36.2 Å². The topological polar surface area (TPSA) is 93.7 Å². The lowest BCUT2D eigenvalue weighted by atomic mass is 9.92. The van der Waals surface area contributed by atoms with E-state index in [9.17, 15) is 18.8 Å². The Balaban J connectivity index is 2.49. The van der Waals surface area contributed by atoms with Crippen LogP contribution in [0.15, 0.2) is 30.3 Å². The monoisotopic (exact) mass is 532 g/mol. The quantitative estimate of drug-likeness (QED) is 0.363. The molecule has 2 amide bonds. The zero-order valence-corrected chi connectivity index (χ0v) is 23.2. The molecule has 0 spiro atoms. The number of esters is 1. The van der Waals surface area contributed by atoms with Crippen molar-refractivity contribution in [3.8, 4) is 11.1 Å². The van der Waals surface area contributed by atoms with Crippen LogP contribution < -0.4 is 10.6 Å². The molecule has 38 heavy (non-hydrogen) atoms. The number of hydrogen-bond acceptors (Lipinski definition) is 5. The van der Waals surface area contributed by atoms with Crippen LogP contribution in [0.25, 0.3) is 11.1 Å². The highest BCUT2D eigenvalue weighted by Crippen LogP contribution is 2.33. The maximum Gasteiger partial charge on any atom is 0.408 e. The molecule has 2 aromatic rings. The maximum atomic E-state index is 15.2. The van der Waals surface area contributed by atoms with Crippen LogP contribution >= 0.6 is 0 Å². The molecule has 2 atom stereocenters. The van der Waals surface area contributed by atoms with Crippen LogP contribution in [0.4, 0.5) is 13.6 Å². The molecule has 9 heteroatoms. The number of carbonyl (C=O) groups is 3. The first kappa shape index (κ1) is 30.7. The highest BCUT2D eigenvalue weighted by molar-refractivity contribution is 5.86. The molecule has 2 N–H and O–H groups in total. The summed E-state index contributed by atoms with van der Waals surface area (Å²) in [5, 5.41) is 5.17. The Morgan fingerprint density at radius 1 is 1.00 bits per heavy atom. The van der Waals surface area contributed by atoms with Crippen LogP contribution in [0.2, 0.25) is 0 Å². The molecule has 0 bridgehead atoms. The van der Waals surface area contributed by atoms with E-state index in [1.165, 1.54) is 6.07 Å². The lowest BCUT2D eigenvalue weighted by molar-refractivity contribution is -0.144. The number of aryl methyl sites for hydroxylation is 2. The van der Waals surface area contributed by atoms with Gasteiger partial charge in [0.25, 0.3) is 0 Å². The Hall–Kier alpha value is -3.49. The molecule has 0 aliphatic rings. The van der Waals surface area contributed by atoms with Crippen LogP contribution in [0, 0.1) is 25.5 Å². The van der Waals surface area contributed by atoms with Gasteiger partial charge in [-0.2, -0.15) is 0 Å². The number of halogens is 2. The van der Waals surface area contributed by atoms with Crippen molar-refractivity contribution >= 4 is 18.0 Å². The summed E-state index contributed by atoms with van der Waals surface area (Å²) in [6, 6.07) is 5.85. The number of rotatable bonds is 10. The Kier molecular flexibility index (Phi) is 10.8. The van der Waals surface area contributed by atoms with Crippen molar-refractivity contribution in [1.29, 1.82) is 0 Å². The number of hydrogen-bond donors (Lipinski definition) is 2.